The maximum atomic E-state index is 11.1. The van der Waals surface area contributed by atoms with Crippen molar-refractivity contribution >= 4 is 35.5 Å². The van der Waals surface area contributed by atoms with Gasteiger partial charge in [-0.25, -0.2) is 4.98 Å². The molecule has 1 aliphatic carbocycles. The lowest BCUT2D eigenvalue weighted by Gasteiger charge is -2.30. The van der Waals surface area contributed by atoms with E-state index in [1.54, 1.807) is 18.2 Å². The second-order valence-electron chi connectivity index (χ2n) is 7.56. The molecule has 2 fully saturated rings. The van der Waals surface area contributed by atoms with Gasteiger partial charge in [-0.1, -0.05) is 30.5 Å². The highest BCUT2D eigenvalue weighted by Gasteiger charge is 2.22. The third-order valence-corrected chi connectivity index (χ3v) is 5.81. The van der Waals surface area contributed by atoms with Crippen LogP contribution in [0, 0.1) is 0 Å². The van der Waals surface area contributed by atoms with E-state index >= 15 is 0 Å². The largest absolute Gasteiger partial charge is 0.495 e. The van der Waals surface area contributed by atoms with Crippen molar-refractivity contribution in [1.29, 1.82) is 0 Å². The Balaban J connectivity index is 1.50. The number of aromatic nitrogens is 2. The number of ether oxygens (including phenoxy) is 2. The molecule has 1 saturated heterocycles. The Bertz CT molecular complexity index is 891. The summed E-state index contributed by atoms with van der Waals surface area (Å²) in [4.78, 5) is 21.6. The zero-order valence-corrected chi connectivity index (χ0v) is 17.7. The summed E-state index contributed by atoms with van der Waals surface area (Å²) in [6.07, 6.45) is 6.98. The Morgan fingerprint density at radius 3 is 2.93 bits per heavy atom. The van der Waals surface area contributed by atoms with Gasteiger partial charge in [0.05, 0.1) is 32.1 Å². The van der Waals surface area contributed by atoms with E-state index < -0.39 is 0 Å². The second kappa shape index (κ2) is 9.49. The number of amides is 1. The fourth-order valence-electron chi connectivity index (χ4n) is 3.89. The number of methoxy groups -OCH3 is 1. The molecule has 160 valence electrons. The summed E-state index contributed by atoms with van der Waals surface area (Å²) in [5.74, 6) is 1.72. The van der Waals surface area contributed by atoms with E-state index in [2.05, 4.69) is 20.6 Å². The van der Waals surface area contributed by atoms with Gasteiger partial charge in [-0.05, 0) is 30.5 Å². The molecule has 0 spiro atoms. The smallest absolute Gasteiger partial charge is 0.229 e. The second-order valence-corrected chi connectivity index (χ2v) is 7.97. The molecule has 1 unspecified atom stereocenters. The average Bonchev–Trinajstić information content (AvgIpc) is 3.29. The maximum Gasteiger partial charge on any atom is 0.229 e. The van der Waals surface area contributed by atoms with E-state index in [4.69, 9.17) is 21.1 Å². The van der Waals surface area contributed by atoms with Gasteiger partial charge in [0.2, 0.25) is 12.4 Å². The van der Waals surface area contributed by atoms with Crippen molar-refractivity contribution in [2.24, 2.45) is 0 Å². The Labute approximate surface area is 180 Å². The lowest BCUT2D eigenvalue weighted by molar-refractivity contribution is -0.125. The summed E-state index contributed by atoms with van der Waals surface area (Å²) >= 11 is 6.28. The van der Waals surface area contributed by atoms with Crippen LogP contribution < -0.4 is 15.4 Å². The summed E-state index contributed by atoms with van der Waals surface area (Å²) in [7, 11) is 1.61. The number of hydrogen-bond donors (Lipinski definition) is 2. The van der Waals surface area contributed by atoms with Gasteiger partial charge in [-0.15, -0.1) is 0 Å². The van der Waals surface area contributed by atoms with E-state index in [0.29, 0.717) is 48.3 Å². The first-order valence-corrected chi connectivity index (χ1v) is 10.6. The van der Waals surface area contributed by atoms with Crippen LogP contribution in [0.4, 0.5) is 17.5 Å². The quantitative estimate of drug-likeness (QED) is 0.645. The van der Waals surface area contributed by atoms with Crippen molar-refractivity contribution in [3.05, 3.63) is 35.0 Å². The summed E-state index contributed by atoms with van der Waals surface area (Å²) in [5.41, 5.74) is 1.68. The molecule has 8 nitrogen and oxygen atoms in total. The molecule has 2 heterocycles. The molecular weight excluding hydrogens is 406 g/mol. The maximum absolute atomic E-state index is 11.1. The first kappa shape index (κ1) is 20.7. The minimum absolute atomic E-state index is 0.180. The highest BCUT2D eigenvalue weighted by atomic mass is 35.5. The van der Waals surface area contributed by atoms with E-state index in [9.17, 15) is 4.79 Å². The lowest BCUT2D eigenvalue weighted by Crippen LogP contribution is -2.37. The van der Waals surface area contributed by atoms with Crippen molar-refractivity contribution < 1.29 is 14.3 Å². The molecule has 1 atom stereocenters. The topological polar surface area (TPSA) is 88.6 Å². The molecule has 1 aromatic carbocycles. The van der Waals surface area contributed by atoms with Crippen LogP contribution >= 0.6 is 11.6 Å². The highest BCUT2D eigenvalue weighted by Crippen LogP contribution is 2.33. The normalized spacial score (nSPS) is 19.5. The molecule has 2 N–H and O–H groups in total. The third-order valence-electron chi connectivity index (χ3n) is 5.53. The average molecular weight is 432 g/mol. The Morgan fingerprint density at radius 2 is 2.17 bits per heavy atom. The summed E-state index contributed by atoms with van der Waals surface area (Å²) in [6, 6.07) is 6.17. The van der Waals surface area contributed by atoms with E-state index in [1.165, 1.54) is 12.8 Å². The number of rotatable bonds is 7. The van der Waals surface area contributed by atoms with Crippen LogP contribution in [0.15, 0.2) is 24.4 Å². The van der Waals surface area contributed by atoms with Crippen LogP contribution in [0.5, 0.6) is 5.75 Å². The van der Waals surface area contributed by atoms with Crippen LogP contribution in [-0.2, 0) is 9.53 Å². The summed E-state index contributed by atoms with van der Waals surface area (Å²) in [6.45, 7) is 1.65. The minimum atomic E-state index is -0.180. The van der Waals surface area contributed by atoms with E-state index in [-0.39, 0.29) is 6.10 Å². The zero-order valence-electron chi connectivity index (χ0n) is 16.9. The van der Waals surface area contributed by atoms with Gasteiger partial charge in [-0.2, -0.15) is 4.98 Å². The number of benzene rings is 1. The van der Waals surface area contributed by atoms with Gasteiger partial charge < -0.3 is 25.0 Å². The number of morpholine rings is 1. The Hall–Kier alpha value is -2.58. The molecule has 1 saturated carbocycles. The summed E-state index contributed by atoms with van der Waals surface area (Å²) in [5, 5.41) is 7.14. The number of hydrogen-bond acceptors (Lipinski definition) is 7. The van der Waals surface area contributed by atoms with Crippen molar-refractivity contribution in [1.82, 2.24) is 14.9 Å². The third kappa shape index (κ3) is 4.76. The molecule has 1 aliphatic heterocycles. The van der Waals surface area contributed by atoms with Gasteiger partial charge in [0.1, 0.15) is 16.9 Å². The van der Waals surface area contributed by atoms with Crippen molar-refractivity contribution in [2.45, 2.75) is 37.8 Å². The van der Waals surface area contributed by atoms with E-state index in [1.807, 2.05) is 18.2 Å². The van der Waals surface area contributed by atoms with Crippen LogP contribution in [0.1, 0.15) is 37.4 Å². The van der Waals surface area contributed by atoms with Gasteiger partial charge in [0.25, 0.3) is 0 Å². The molecule has 4 rings (SSSR count). The lowest BCUT2D eigenvalue weighted by atomic mass is 10.1. The van der Waals surface area contributed by atoms with Gasteiger partial charge in [0, 0.05) is 12.6 Å². The highest BCUT2D eigenvalue weighted by molar-refractivity contribution is 6.32. The molecule has 2 aromatic rings. The van der Waals surface area contributed by atoms with Gasteiger partial charge in [-0.3, -0.25) is 4.79 Å². The molecule has 1 aromatic heterocycles. The molecule has 0 radical (unpaired) electrons. The number of nitrogens with zero attached hydrogens (tertiary/aromatic N) is 3. The number of halogens is 1. The molecule has 9 heteroatoms. The van der Waals surface area contributed by atoms with Crippen molar-refractivity contribution in [3.63, 3.8) is 0 Å². The standard InChI is InChI=1S/C21H26ClN5O3/c1-29-18-10-14(19-12-27(13-28)8-9-30-19)6-7-17(18)25-21-23-11-16(22)20(26-21)24-15-4-2-3-5-15/h6-7,10-11,13,15,19H,2-5,8-9,12H2,1H3,(H2,23,24,25,26). The number of carbonyl (C=O) groups is 1. The molecule has 1 amide bonds. The fraction of sp³-hybridized carbons (Fsp3) is 0.476. The van der Waals surface area contributed by atoms with Gasteiger partial charge >= 0.3 is 0 Å². The number of carbonyl (C=O) groups excluding carboxylic acids is 1. The summed E-state index contributed by atoms with van der Waals surface area (Å²) < 4.78 is 11.4. The minimum Gasteiger partial charge on any atom is -0.495 e. The van der Waals surface area contributed by atoms with Crippen molar-refractivity contribution in [3.8, 4) is 5.75 Å². The molecular formula is C21H26ClN5O3. The fourth-order valence-corrected chi connectivity index (χ4v) is 4.04. The first-order valence-electron chi connectivity index (χ1n) is 10.2. The predicted octanol–water partition coefficient (Wildman–Crippen LogP) is 3.77. The van der Waals surface area contributed by atoms with Crippen LogP contribution in [0.3, 0.4) is 0 Å². The van der Waals surface area contributed by atoms with Crippen molar-refractivity contribution in [2.75, 3.05) is 37.4 Å². The van der Waals surface area contributed by atoms with Crippen LogP contribution in [0.2, 0.25) is 5.02 Å². The van der Waals surface area contributed by atoms with Gasteiger partial charge in [0.15, 0.2) is 5.82 Å². The van der Waals surface area contributed by atoms with E-state index in [0.717, 1.165) is 30.5 Å². The number of anilines is 3. The SMILES string of the molecule is COc1cc(C2CN(C=O)CCO2)ccc1Nc1ncc(Cl)c(NC2CCCC2)n1. The molecule has 30 heavy (non-hydrogen) atoms. The van der Waals surface area contributed by atoms with Crippen LogP contribution in [-0.4, -0.2) is 54.1 Å². The van der Waals surface area contributed by atoms with Crippen LogP contribution in [0.25, 0.3) is 0 Å². The number of nitrogens with one attached hydrogen (secondary N) is 2. The Kier molecular flexibility index (Phi) is 6.54. The zero-order chi connectivity index (χ0) is 20.9. The Morgan fingerprint density at radius 1 is 1.33 bits per heavy atom. The first-order chi connectivity index (χ1) is 14.7. The monoisotopic (exact) mass is 431 g/mol. The predicted molar refractivity (Wildman–Crippen MR) is 116 cm³/mol. The molecule has 0 bridgehead atoms. The molecule has 2 aliphatic rings.